The highest BCUT2D eigenvalue weighted by molar-refractivity contribution is 5.11. The number of hydrogen-bond donors (Lipinski definition) is 0. The summed E-state index contributed by atoms with van der Waals surface area (Å²) in [5.41, 5.74) is -3.28. The minimum atomic E-state index is -6.41. The molecule has 23 heavy (non-hydrogen) atoms. The highest BCUT2D eigenvalue weighted by Crippen LogP contribution is 2.58. The van der Waals surface area contributed by atoms with Gasteiger partial charge in [0.1, 0.15) is 5.70 Å². The van der Waals surface area contributed by atoms with Gasteiger partial charge in [-0.1, -0.05) is 6.58 Å². The number of rotatable bonds is 1. The van der Waals surface area contributed by atoms with Gasteiger partial charge in [-0.3, -0.25) is 0 Å². The van der Waals surface area contributed by atoms with Crippen LogP contribution in [0, 0.1) is 0 Å². The molecule has 0 unspecified atom stereocenters. The zero-order valence-corrected chi connectivity index (χ0v) is 10.5. The van der Waals surface area contributed by atoms with Crippen molar-refractivity contribution in [2.75, 3.05) is 7.11 Å². The lowest BCUT2D eigenvalue weighted by Crippen LogP contribution is -2.74. The van der Waals surface area contributed by atoms with E-state index in [0.717, 1.165) is 7.11 Å². The lowest BCUT2D eigenvalue weighted by atomic mass is 10.2. The van der Waals surface area contributed by atoms with Gasteiger partial charge in [-0.25, -0.2) is 9.64 Å². The molecule has 15 heteroatoms. The molecular formula is C8H5F12NO2. The van der Waals surface area contributed by atoms with Crippen molar-refractivity contribution in [2.24, 2.45) is 0 Å². The maximum Gasteiger partial charge on any atom is 0.445 e. The second-order valence-corrected chi connectivity index (χ2v) is 3.65. The SMILES string of the molecule is C=C(N1C(F)(F)C(F)(F)OC(F)(F)C1(F)F)C(F)(F)F.COF. The minimum absolute atomic E-state index is 0.958. The number of morpholine rings is 1. The maximum atomic E-state index is 12.9. The third-order valence-electron chi connectivity index (χ3n) is 2.12. The normalized spacial score (nSPS) is 24.5. The molecule has 1 rings (SSSR count). The van der Waals surface area contributed by atoms with Crippen molar-refractivity contribution in [1.82, 2.24) is 4.90 Å². The lowest BCUT2D eigenvalue weighted by Gasteiger charge is -2.48. The molecule has 1 fully saturated rings. The summed E-state index contributed by atoms with van der Waals surface area (Å²) in [5.74, 6) is 0. The van der Waals surface area contributed by atoms with Gasteiger partial charge in [-0.2, -0.15) is 53.2 Å². The molecule has 0 radical (unpaired) electrons. The van der Waals surface area contributed by atoms with E-state index in [1.807, 2.05) is 4.74 Å². The molecule has 0 bridgehead atoms. The van der Waals surface area contributed by atoms with Crippen LogP contribution in [-0.4, -0.2) is 42.5 Å². The molecule has 138 valence electrons. The third-order valence-corrected chi connectivity index (χ3v) is 2.12. The first kappa shape index (κ1) is 21.6. The Morgan fingerprint density at radius 2 is 1.17 bits per heavy atom. The van der Waals surface area contributed by atoms with Crippen LogP contribution in [0.1, 0.15) is 0 Å². The third kappa shape index (κ3) is 3.59. The van der Waals surface area contributed by atoms with Gasteiger partial charge < -0.3 is 0 Å². The summed E-state index contributed by atoms with van der Waals surface area (Å²) in [4.78, 5) is -0.0382. The molecule has 0 aromatic heterocycles. The summed E-state index contributed by atoms with van der Waals surface area (Å²) in [7, 11) is 0.958. The molecule has 0 amide bonds. The quantitative estimate of drug-likeness (QED) is 0.505. The fourth-order valence-electron chi connectivity index (χ4n) is 1.19. The first-order valence-electron chi connectivity index (χ1n) is 4.82. The van der Waals surface area contributed by atoms with E-state index < -0.39 is 41.1 Å². The largest absolute Gasteiger partial charge is 0.445 e. The zero-order valence-electron chi connectivity index (χ0n) is 10.5. The summed E-state index contributed by atoms with van der Waals surface area (Å²) in [6, 6.07) is -12.8. The highest BCUT2D eigenvalue weighted by atomic mass is 19.4. The smallest absolute Gasteiger partial charge is 0.242 e. The number of hydrogen-bond acceptors (Lipinski definition) is 3. The van der Waals surface area contributed by atoms with Gasteiger partial charge >= 0.3 is 30.5 Å². The number of allylic oxidation sites excluding steroid dienone is 1. The van der Waals surface area contributed by atoms with Crippen LogP contribution in [0.2, 0.25) is 0 Å². The predicted octanol–water partition coefficient (Wildman–Crippen LogP) is 4.28. The molecule has 0 aromatic carbocycles. The summed E-state index contributed by atoms with van der Waals surface area (Å²) in [6.45, 7) is 1.69. The standard InChI is InChI=1S/C7H2F11NO.CH3FO/c1-2(3(8,9)10)19-4(11,12)6(15,16)20-7(17,18)5(19,13)14;1-3-2/h1H2;1H3. The van der Waals surface area contributed by atoms with Gasteiger partial charge in [-0.15, -0.1) is 0 Å². The molecular weight excluding hydrogens is 370 g/mol. The Bertz CT molecular complexity index is 419. The fraction of sp³-hybridized carbons (Fsp3) is 0.750. The van der Waals surface area contributed by atoms with Crippen molar-refractivity contribution in [2.45, 2.75) is 30.5 Å². The van der Waals surface area contributed by atoms with Crippen LogP contribution < -0.4 is 0 Å². The molecule has 0 atom stereocenters. The summed E-state index contributed by atoms with van der Waals surface area (Å²) < 4.78 is 150. The number of alkyl halides is 11. The average Bonchev–Trinajstić information content (AvgIpc) is 2.24. The summed E-state index contributed by atoms with van der Waals surface area (Å²) >= 11 is 0. The van der Waals surface area contributed by atoms with E-state index in [1.54, 1.807) is 6.58 Å². The molecule has 1 aliphatic heterocycles. The minimum Gasteiger partial charge on any atom is -0.242 e. The monoisotopic (exact) mass is 375 g/mol. The van der Waals surface area contributed by atoms with E-state index in [9.17, 15) is 52.8 Å². The van der Waals surface area contributed by atoms with Gasteiger partial charge in [0.25, 0.3) is 0 Å². The Balaban J connectivity index is 0.00000149. The molecule has 0 saturated carbocycles. The van der Waals surface area contributed by atoms with Gasteiger partial charge in [0, 0.05) is 0 Å². The van der Waals surface area contributed by atoms with Crippen LogP contribution in [0.4, 0.5) is 52.8 Å². The molecule has 0 spiro atoms. The number of nitrogens with zero attached hydrogens (tertiary/aromatic N) is 1. The van der Waals surface area contributed by atoms with E-state index in [0.29, 0.717) is 0 Å². The molecule has 3 nitrogen and oxygen atoms in total. The van der Waals surface area contributed by atoms with Gasteiger partial charge in [0.05, 0.1) is 7.11 Å². The van der Waals surface area contributed by atoms with E-state index in [-0.39, 0.29) is 0 Å². The summed E-state index contributed by atoms with van der Waals surface area (Å²) in [5, 5.41) is 0. The van der Waals surface area contributed by atoms with Crippen molar-refractivity contribution in [3.63, 3.8) is 0 Å². The molecule has 0 aliphatic carbocycles. The van der Waals surface area contributed by atoms with E-state index in [2.05, 4.69) is 4.94 Å². The van der Waals surface area contributed by atoms with Crippen molar-refractivity contribution < 1.29 is 62.5 Å². The molecule has 1 aliphatic rings. The Hall–Kier alpha value is -1.38. The lowest BCUT2D eigenvalue weighted by molar-refractivity contribution is -0.559. The van der Waals surface area contributed by atoms with Crippen LogP contribution >= 0.6 is 0 Å². The summed E-state index contributed by atoms with van der Waals surface area (Å²) in [6.07, 6.45) is -18.7. The van der Waals surface area contributed by atoms with Crippen molar-refractivity contribution >= 4 is 0 Å². The van der Waals surface area contributed by atoms with Crippen LogP contribution in [0.15, 0.2) is 12.3 Å². The van der Waals surface area contributed by atoms with Gasteiger partial charge in [0.2, 0.25) is 0 Å². The topological polar surface area (TPSA) is 21.7 Å². The second-order valence-electron chi connectivity index (χ2n) is 3.65. The number of halogens is 12. The Morgan fingerprint density at radius 1 is 0.913 bits per heavy atom. The Labute approximate surface area is 118 Å². The maximum absolute atomic E-state index is 12.9. The van der Waals surface area contributed by atoms with Crippen molar-refractivity contribution in [3.8, 4) is 0 Å². The van der Waals surface area contributed by atoms with Gasteiger partial charge in [-0.05, 0) is 4.53 Å². The zero-order chi connectivity index (χ0) is 19.1. The van der Waals surface area contributed by atoms with E-state index in [4.69, 9.17) is 0 Å². The fourth-order valence-corrected chi connectivity index (χ4v) is 1.19. The van der Waals surface area contributed by atoms with Crippen LogP contribution in [0.3, 0.4) is 0 Å². The molecule has 1 saturated heterocycles. The predicted molar refractivity (Wildman–Crippen MR) is 46.0 cm³/mol. The second kappa shape index (κ2) is 5.92. The molecule has 1 heterocycles. The Morgan fingerprint density at radius 3 is 1.39 bits per heavy atom. The van der Waals surface area contributed by atoms with Crippen LogP contribution in [0.25, 0.3) is 0 Å². The van der Waals surface area contributed by atoms with Crippen LogP contribution in [0.5, 0.6) is 0 Å². The van der Waals surface area contributed by atoms with E-state index in [1.165, 1.54) is 0 Å². The van der Waals surface area contributed by atoms with Gasteiger partial charge in [0.15, 0.2) is 0 Å². The number of ether oxygens (including phenoxy) is 1. The highest BCUT2D eigenvalue weighted by Gasteiger charge is 2.84. The van der Waals surface area contributed by atoms with Crippen molar-refractivity contribution in [1.29, 1.82) is 0 Å². The van der Waals surface area contributed by atoms with Crippen molar-refractivity contribution in [3.05, 3.63) is 12.3 Å². The molecule has 0 aromatic rings. The van der Waals surface area contributed by atoms with Crippen LogP contribution in [-0.2, 0) is 9.68 Å². The van der Waals surface area contributed by atoms with E-state index >= 15 is 0 Å². The first-order chi connectivity index (χ1) is 9.90. The Kier molecular flexibility index (Phi) is 5.56. The first-order valence-corrected chi connectivity index (χ1v) is 4.82. The molecule has 0 N–H and O–H groups in total. The average molecular weight is 375 g/mol.